The minimum atomic E-state index is -0.402. The number of benzene rings is 2. The molecule has 0 aliphatic rings. The van der Waals surface area contributed by atoms with Crippen LogP contribution >= 0.6 is 11.6 Å². The van der Waals surface area contributed by atoms with E-state index in [0.29, 0.717) is 28.6 Å². The highest BCUT2D eigenvalue weighted by Gasteiger charge is 2.10. The number of Topliss-reactive ketones (excluding diaryl/α,β-unsaturated/α-hetero) is 1. The molecule has 3 rings (SSSR count). The number of hydrogen-bond donors (Lipinski definition) is 2. The van der Waals surface area contributed by atoms with E-state index in [1.807, 2.05) is 24.3 Å². The number of halogens is 1. The average Bonchev–Trinajstić information content (AvgIpc) is 2.68. The standard InChI is InChI=1S/C20H17ClN4O2/c1-13(26)14-6-4-7-16(9-14)25-20(27)18-11-24-19(12-22-18)23-10-15-5-2-3-8-17(15)21/h2-9,11-12H,10H2,1H3,(H,23,24)(H,25,27). The van der Waals surface area contributed by atoms with Crippen LogP contribution in [-0.4, -0.2) is 21.7 Å². The number of nitrogens with one attached hydrogen (secondary N) is 2. The van der Waals surface area contributed by atoms with Gasteiger partial charge in [0.25, 0.3) is 5.91 Å². The zero-order chi connectivity index (χ0) is 19.2. The van der Waals surface area contributed by atoms with Crippen LogP contribution in [0.4, 0.5) is 11.5 Å². The highest BCUT2D eigenvalue weighted by Crippen LogP contribution is 2.16. The molecule has 6 nitrogen and oxygen atoms in total. The molecule has 0 fully saturated rings. The van der Waals surface area contributed by atoms with E-state index in [1.165, 1.54) is 19.3 Å². The van der Waals surface area contributed by atoms with Crippen molar-refractivity contribution in [3.05, 3.63) is 82.8 Å². The van der Waals surface area contributed by atoms with Crippen LogP contribution in [-0.2, 0) is 6.54 Å². The molecule has 0 bridgehead atoms. The van der Waals surface area contributed by atoms with Crippen molar-refractivity contribution < 1.29 is 9.59 Å². The number of amides is 1. The van der Waals surface area contributed by atoms with E-state index >= 15 is 0 Å². The van der Waals surface area contributed by atoms with Crippen molar-refractivity contribution in [1.29, 1.82) is 0 Å². The predicted molar refractivity (Wildman–Crippen MR) is 105 cm³/mol. The molecular weight excluding hydrogens is 364 g/mol. The summed E-state index contributed by atoms with van der Waals surface area (Å²) in [5.41, 5.74) is 2.16. The number of rotatable bonds is 6. The molecule has 2 aromatic carbocycles. The van der Waals surface area contributed by atoms with Crippen LogP contribution in [0.3, 0.4) is 0 Å². The van der Waals surface area contributed by atoms with E-state index in [0.717, 1.165) is 5.56 Å². The van der Waals surface area contributed by atoms with Gasteiger partial charge in [-0.2, -0.15) is 0 Å². The van der Waals surface area contributed by atoms with Gasteiger partial charge in [0.05, 0.1) is 12.4 Å². The molecule has 0 saturated heterocycles. The van der Waals surface area contributed by atoms with Gasteiger partial charge in [0.15, 0.2) is 5.78 Å². The second kappa shape index (κ2) is 8.42. The number of anilines is 2. The lowest BCUT2D eigenvalue weighted by molar-refractivity contribution is 0.100. The Hall–Kier alpha value is -3.25. The topological polar surface area (TPSA) is 84.0 Å². The van der Waals surface area contributed by atoms with Crippen LogP contribution in [0.25, 0.3) is 0 Å². The predicted octanol–water partition coefficient (Wildman–Crippen LogP) is 4.20. The van der Waals surface area contributed by atoms with Crippen LogP contribution in [0.15, 0.2) is 60.9 Å². The lowest BCUT2D eigenvalue weighted by Crippen LogP contribution is -2.15. The highest BCUT2D eigenvalue weighted by molar-refractivity contribution is 6.31. The maximum Gasteiger partial charge on any atom is 0.275 e. The molecule has 0 atom stereocenters. The molecule has 0 aliphatic carbocycles. The minimum absolute atomic E-state index is 0.0696. The fourth-order valence-electron chi connectivity index (χ4n) is 2.38. The molecule has 0 aliphatic heterocycles. The van der Waals surface area contributed by atoms with Gasteiger partial charge in [-0.05, 0) is 30.7 Å². The van der Waals surface area contributed by atoms with Gasteiger partial charge in [0.2, 0.25) is 0 Å². The van der Waals surface area contributed by atoms with E-state index in [2.05, 4.69) is 20.6 Å². The van der Waals surface area contributed by atoms with Gasteiger partial charge in [-0.3, -0.25) is 9.59 Å². The van der Waals surface area contributed by atoms with Crippen molar-refractivity contribution in [1.82, 2.24) is 9.97 Å². The lowest BCUT2D eigenvalue weighted by atomic mass is 10.1. The third-order valence-electron chi connectivity index (χ3n) is 3.83. The molecule has 2 N–H and O–H groups in total. The Labute approximate surface area is 161 Å². The van der Waals surface area contributed by atoms with Crippen LogP contribution in [0.2, 0.25) is 5.02 Å². The summed E-state index contributed by atoms with van der Waals surface area (Å²) < 4.78 is 0. The third kappa shape index (κ3) is 4.89. The van der Waals surface area contributed by atoms with Crippen LogP contribution < -0.4 is 10.6 Å². The van der Waals surface area contributed by atoms with E-state index in [1.54, 1.807) is 24.3 Å². The summed E-state index contributed by atoms with van der Waals surface area (Å²) in [6, 6.07) is 14.2. The van der Waals surface area contributed by atoms with Crippen molar-refractivity contribution in [2.45, 2.75) is 13.5 Å². The maximum atomic E-state index is 12.3. The van der Waals surface area contributed by atoms with Crippen LogP contribution in [0.1, 0.15) is 33.3 Å². The summed E-state index contributed by atoms with van der Waals surface area (Å²) in [6.07, 6.45) is 2.87. The molecule has 136 valence electrons. The molecule has 3 aromatic rings. The first-order chi connectivity index (χ1) is 13.0. The fourth-order valence-corrected chi connectivity index (χ4v) is 2.58. The lowest BCUT2D eigenvalue weighted by Gasteiger charge is -2.08. The van der Waals surface area contributed by atoms with Crippen molar-refractivity contribution in [3.8, 4) is 0 Å². The number of aromatic nitrogens is 2. The zero-order valence-corrected chi connectivity index (χ0v) is 15.3. The Morgan fingerprint density at radius 2 is 1.85 bits per heavy atom. The summed E-state index contributed by atoms with van der Waals surface area (Å²) in [5.74, 6) is 0.0609. The Morgan fingerprint density at radius 3 is 2.56 bits per heavy atom. The number of nitrogens with zero attached hydrogens (tertiary/aromatic N) is 2. The van der Waals surface area contributed by atoms with Gasteiger partial charge in [0.1, 0.15) is 11.5 Å². The van der Waals surface area contributed by atoms with Crippen LogP contribution in [0.5, 0.6) is 0 Å². The normalized spacial score (nSPS) is 10.3. The SMILES string of the molecule is CC(=O)c1cccc(NC(=O)c2cnc(NCc3ccccc3Cl)cn2)c1. The first kappa shape index (κ1) is 18.5. The molecule has 1 heterocycles. The summed E-state index contributed by atoms with van der Waals surface area (Å²) >= 11 is 6.11. The Balaban J connectivity index is 1.63. The Kier molecular flexibility index (Phi) is 5.78. The van der Waals surface area contributed by atoms with E-state index in [9.17, 15) is 9.59 Å². The molecule has 0 spiro atoms. The summed E-state index contributed by atoms with van der Waals surface area (Å²) in [7, 11) is 0. The number of ketones is 1. The van der Waals surface area contributed by atoms with Crippen molar-refractivity contribution in [2.24, 2.45) is 0 Å². The molecule has 0 saturated carbocycles. The Morgan fingerprint density at radius 1 is 1.04 bits per heavy atom. The number of hydrogen-bond acceptors (Lipinski definition) is 5. The zero-order valence-electron chi connectivity index (χ0n) is 14.6. The molecule has 1 aromatic heterocycles. The number of carbonyl (C=O) groups excluding carboxylic acids is 2. The molecule has 1 amide bonds. The van der Waals surface area contributed by atoms with Crippen molar-refractivity contribution >= 4 is 34.8 Å². The van der Waals surface area contributed by atoms with E-state index in [4.69, 9.17) is 11.6 Å². The number of carbonyl (C=O) groups is 2. The second-order valence-corrected chi connectivity index (χ2v) is 6.23. The average molecular weight is 381 g/mol. The quantitative estimate of drug-likeness (QED) is 0.626. The summed E-state index contributed by atoms with van der Waals surface area (Å²) in [6.45, 7) is 1.97. The molecule has 0 radical (unpaired) electrons. The third-order valence-corrected chi connectivity index (χ3v) is 4.20. The van der Waals surface area contributed by atoms with Gasteiger partial charge >= 0.3 is 0 Å². The maximum absolute atomic E-state index is 12.3. The first-order valence-electron chi connectivity index (χ1n) is 8.24. The largest absolute Gasteiger partial charge is 0.365 e. The van der Waals surface area contributed by atoms with Crippen LogP contribution in [0, 0.1) is 0 Å². The van der Waals surface area contributed by atoms with Crippen molar-refractivity contribution in [3.63, 3.8) is 0 Å². The molecule has 7 heteroatoms. The smallest absolute Gasteiger partial charge is 0.275 e. The van der Waals surface area contributed by atoms with Gasteiger partial charge < -0.3 is 10.6 Å². The van der Waals surface area contributed by atoms with E-state index < -0.39 is 5.91 Å². The van der Waals surface area contributed by atoms with E-state index in [-0.39, 0.29) is 11.5 Å². The monoisotopic (exact) mass is 380 g/mol. The van der Waals surface area contributed by atoms with Gasteiger partial charge in [-0.25, -0.2) is 9.97 Å². The summed E-state index contributed by atoms with van der Waals surface area (Å²) in [5, 5.41) is 6.49. The molecule has 27 heavy (non-hydrogen) atoms. The fraction of sp³-hybridized carbons (Fsp3) is 0.100. The first-order valence-corrected chi connectivity index (χ1v) is 8.62. The second-order valence-electron chi connectivity index (χ2n) is 5.82. The van der Waals surface area contributed by atoms with Gasteiger partial charge in [-0.15, -0.1) is 0 Å². The minimum Gasteiger partial charge on any atom is -0.365 e. The van der Waals surface area contributed by atoms with Crippen molar-refractivity contribution in [2.75, 3.05) is 10.6 Å². The Bertz CT molecular complexity index is 974. The molecule has 0 unspecified atom stereocenters. The highest BCUT2D eigenvalue weighted by atomic mass is 35.5. The van der Waals surface area contributed by atoms with Gasteiger partial charge in [-0.1, -0.05) is 41.9 Å². The van der Waals surface area contributed by atoms with Gasteiger partial charge in [0, 0.05) is 22.8 Å². The summed E-state index contributed by atoms with van der Waals surface area (Å²) in [4.78, 5) is 32.1. The molecular formula is C20H17ClN4O2.